The lowest BCUT2D eigenvalue weighted by Crippen LogP contribution is -2.07. The average molecular weight is 205 g/mol. The second kappa shape index (κ2) is 3.19. The first kappa shape index (κ1) is 10.4. The van der Waals surface area contributed by atoms with Crippen LogP contribution in [0.3, 0.4) is 0 Å². The largest absolute Gasteiger partial charge is 0.383 e. The van der Waals surface area contributed by atoms with Gasteiger partial charge in [-0.05, 0) is 25.2 Å². The van der Waals surface area contributed by atoms with E-state index >= 15 is 0 Å². The zero-order valence-electron chi connectivity index (χ0n) is 9.96. The molecular weight excluding hydrogens is 186 g/mol. The van der Waals surface area contributed by atoms with Crippen molar-refractivity contribution in [1.29, 1.82) is 0 Å². The molecule has 1 aromatic rings. The maximum absolute atomic E-state index is 5.94. The van der Waals surface area contributed by atoms with Gasteiger partial charge in [0.25, 0.3) is 0 Å². The molecule has 1 aliphatic rings. The molecule has 2 N–H and O–H groups in total. The fourth-order valence-electron chi connectivity index (χ4n) is 2.14. The molecular formula is C12H19N3. The van der Waals surface area contributed by atoms with Crippen LogP contribution in [0.15, 0.2) is 0 Å². The summed E-state index contributed by atoms with van der Waals surface area (Å²) in [5.74, 6) is 2.11. The quantitative estimate of drug-likeness (QED) is 0.806. The minimum atomic E-state index is 0.368. The van der Waals surface area contributed by atoms with E-state index in [2.05, 4.69) is 30.7 Å². The summed E-state index contributed by atoms with van der Waals surface area (Å²) < 4.78 is 0. The van der Waals surface area contributed by atoms with Crippen molar-refractivity contribution in [2.45, 2.75) is 46.5 Å². The smallest absolute Gasteiger partial charge is 0.134 e. The van der Waals surface area contributed by atoms with Gasteiger partial charge in [-0.3, -0.25) is 0 Å². The van der Waals surface area contributed by atoms with E-state index in [9.17, 15) is 0 Å². The monoisotopic (exact) mass is 205 g/mol. The van der Waals surface area contributed by atoms with E-state index in [1.807, 2.05) is 6.92 Å². The molecule has 1 unspecified atom stereocenters. The van der Waals surface area contributed by atoms with Crippen molar-refractivity contribution in [2.24, 2.45) is 5.41 Å². The molecule has 1 aliphatic carbocycles. The predicted molar refractivity (Wildman–Crippen MR) is 61.7 cm³/mol. The zero-order chi connectivity index (χ0) is 11.2. The van der Waals surface area contributed by atoms with Crippen LogP contribution in [0.4, 0.5) is 5.82 Å². The highest BCUT2D eigenvalue weighted by Crippen LogP contribution is 2.57. The summed E-state index contributed by atoms with van der Waals surface area (Å²) in [5, 5.41) is 0. The summed E-state index contributed by atoms with van der Waals surface area (Å²) >= 11 is 0. The number of anilines is 1. The van der Waals surface area contributed by atoms with Crippen molar-refractivity contribution >= 4 is 5.82 Å². The van der Waals surface area contributed by atoms with Crippen LogP contribution in [0.1, 0.15) is 50.2 Å². The summed E-state index contributed by atoms with van der Waals surface area (Å²) in [4.78, 5) is 9.00. The van der Waals surface area contributed by atoms with Gasteiger partial charge in [-0.15, -0.1) is 0 Å². The van der Waals surface area contributed by atoms with Crippen LogP contribution in [0, 0.1) is 12.3 Å². The fraction of sp³-hybridized carbons (Fsp3) is 0.667. The number of hydrogen-bond acceptors (Lipinski definition) is 3. The third-order valence-corrected chi connectivity index (χ3v) is 3.44. The van der Waals surface area contributed by atoms with Crippen LogP contribution in [-0.2, 0) is 6.42 Å². The van der Waals surface area contributed by atoms with Crippen molar-refractivity contribution in [3.63, 3.8) is 0 Å². The molecule has 82 valence electrons. The Kier molecular flexibility index (Phi) is 2.21. The van der Waals surface area contributed by atoms with Gasteiger partial charge in [0.05, 0.1) is 0 Å². The maximum atomic E-state index is 5.94. The van der Waals surface area contributed by atoms with E-state index in [0.717, 1.165) is 23.5 Å². The lowest BCUT2D eigenvalue weighted by Gasteiger charge is -2.09. The van der Waals surface area contributed by atoms with Gasteiger partial charge in [0.1, 0.15) is 11.6 Å². The van der Waals surface area contributed by atoms with Crippen LogP contribution in [0.2, 0.25) is 0 Å². The molecule has 0 saturated heterocycles. The molecule has 1 heterocycles. The van der Waals surface area contributed by atoms with Gasteiger partial charge in [-0.1, -0.05) is 20.8 Å². The lowest BCUT2D eigenvalue weighted by atomic mass is 10.1. The highest BCUT2D eigenvalue weighted by atomic mass is 15.0. The molecule has 2 rings (SSSR count). The van der Waals surface area contributed by atoms with Gasteiger partial charge >= 0.3 is 0 Å². The Bertz CT molecular complexity index is 373. The van der Waals surface area contributed by atoms with Crippen LogP contribution < -0.4 is 5.73 Å². The highest BCUT2D eigenvalue weighted by molar-refractivity contribution is 5.42. The number of hydrogen-bond donors (Lipinski definition) is 1. The van der Waals surface area contributed by atoms with Crippen molar-refractivity contribution in [3.8, 4) is 0 Å². The molecule has 0 bridgehead atoms. The third-order valence-electron chi connectivity index (χ3n) is 3.44. The summed E-state index contributed by atoms with van der Waals surface area (Å²) in [6.07, 6.45) is 2.09. The van der Waals surface area contributed by atoms with E-state index in [1.54, 1.807) is 0 Å². The molecule has 0 amide bonds. The average Bonchev–Trinajstić information content (AvgIpc) is 2.74. The number of nitrogens with two attached hydrogens (primary N) is 1. The fourth-order valence-corrected chi connectivity index (χ4v) is 2.14. The Morgan fingerprint density at radius 2 is 2.00 bits per heavy atom. The predicted octanol–water partition coefficient (Wildman–Crippen LogP) is 2.44. The molecule has 3 nitrogen and oxygen atoms in total. The van der Waals surface area contributed by atoms with Crippen LogP contribution in [-0.4, -0.2) is 9.97 Å². The van der Waals surface area contributed by atoms with Crippen LogP contribution >= 0.6 is 0 Å². The van der Waals surface area contributed by atoms with Gasteiger partial charge in [-0.2, -0.15) is 0 Å². The van der Waals surface area contributed by atoms with Crippen molar-refractivity contribution < 1.29 is 0 Å². The van der Waals surface area contributed by atoms with Crippen molar-refractivity contribution in [1.82, 2.24) is 9.97 Å². The Morgan fingerprint density at radius 1 is 1.40 bits per heavy atom. The zero-order valence-corrected chi connectivity index (χ0v) is 9.96. The van der Waals surface area contributed by atoms with Crippen LogP contribution in [0.25, 0.3) is 0 Å². The maximum Gasteiger partial charge on any atom is 0.134 e. The Hall–Kier alpha value is -1.12. The molecule has 1 atom stereocenters. The van der Waals surface area contributed by atoms with E-state index < -0.39 is 0 Å². The standard InChI is InChI=1S/C12H19N3/c1-5-8-7(2)14-11(15-10(8)13)9-6-12(9,3)4/h9H,5-6H2,1-4H3,(H2,13,14,15). The minimum Gasteiger partial charge on any atom is -0.383 e. The third kappa shape index (κ3) is 1.71. The van der Waals surface area contributed by atoms with Gasteiger partial charge in [0.2, 0.25) is 0 Å². The molecule has 3 heteroatoms. The first-order valence-electron chi connectivity index (χ1n) is 5.58. The number of aryl methyl sites for hydroxylation is 1. The molecule has 0 aliphatic heterocycles. The summed E-state index contributed by atoms with van der Waals surface area (Å²) in [6.45, 7) is 8.61. The molecule has 0 radical (unpaired) electrons. The molecule has 1 fully saturated rings. The normalized spacial score (nSPS) is 22.8. The first-order chi connectivity index (χ1) is 6.95. The van der Waals surface area contributed by atoms with E-state index in [4.69, 9.17) is 5.73 Å². The molecule has 1 saturated carbocycles. The number of aromatic nitrogens is 2. The first-order valence-corrected chi connectivity index (χ1v) is 5.58. The van der Waals surface area contributed by atoms with Crippen molar-refractivity contribution in [2.75, 3.05) is 5.73 Å². The summed E-state index contributed by atoms with van der Waals surface area (Å²) in [6, 6.07) is 0. The second-order valence-corrected chi connectivity index (χ2v) is 5.13. The van der Waals surface area contributed by atoms with Gasteiger partial charge in [-0.25, -0.2) is 9.97 Å². The Morgan fingerprint density at radius 3 is 2.40 bits per heavy atom. The molecule has 1 aromatic heterocycles. The number of rotatable bonds is 2. The second-order valence-electron chi connectivity index (χ2n) is 5.13. The van der Waals surface area contributed by atoms with Gasteiger partial charge < -0.3 is 5.73 Å². The Labute approximate surface area is 91.1 Å². The Balaban J connectivity index is 2.37. The van der Waals surface area contributed by atoms with E-state index in [0.29, 0.717) is 17.2 Å². The molecule has 0 aromatic carbocycles. The topological polar surface area (TPSA) is 51.8 Å². The van der Waals surface area contributed by atoms with Gasteiger partial charge in [0, 0.05) is 17.2 Å². The van der Waals surface area contributed by atoms with E-state index in [1.165, 1.54) is 6.42 Å². The van der Waals surface area contributed by atoms with E-state index in [-0.39, 0.29) is 0 Å². The molecule has 15 heavy (non-hydrogen) atoms. The lowest BCUT2D eigenvalue weighted by molar-refractivity contribution is 0.607. The number of nitrogen functional groups attached to an aromatic ring is 1. The SMILES string of the molecule is CCc1c(C)nc(C2CC2(C)C)nc1N. The summed E-state index contributed by atoms with van der Waals surface area (Å²) in [5.41, 5.74) is 8.44. The minimum absolute atomic E-state index is 0.368. The highest BCUT2D eigenvalue weighted by Gasteiger charge is 2.48. The van der Waals surface area contributed by atoms with Gasteiger partial charge in [0.15, 0.2) is 0 Å². The van der Waals surface area contributed by atoms with Crippen molar-refractivity contribution in [3.05, 3.63) is 17.1 Å². The van der Waals surface area contributed by atoms with Crippen LogP contribution in [0.5, 0.6) is 0 Å². The summed E-state index contributed by atoms with van der Waals surface area (Å²) in [7, 11) is 0. The molecule has 0 spiro atoms. The number of nitrogens with zero attached hydrogens (tertiary/aromatic N) is 2.